The summed E-state index contributed by atoms with van der Waals surface area (Å²) in [5, 5.41) is 13.2. The molecule has 8 heteroatoms. The molecule has 1 unspecified atom stereocenters. The molecule has 0 aromatic rings. The van der Waals surface area contributed by atoms with Crippen LogP contribution in [0.4, 0.5) is 0 Å². The van der Waals surface area contributed by atoms with Crippen molar-refractivity contribution in [3.05, 3.63) is 23.8 Å². The Morgan fingerprint density at radius 3 is 2.70 bits per heavy atom. The van der Waals surface area contributed by atoms with Gasteiger partial charge in [0.2, 0.25) is 11.8 Å². The molecule has 128 valence electrons. The average Bonchev–Trinajstić information content (AvgIpc) is 2.56. The Balaban J connectivity index is 2.21. The quantitative estimate of drug-likeness (QED) is 0.392. The van der Waals surface area contributed by atoms with Crippen LogP contribution in [0.3, 0.4) is 0 Å². The van der Waals surface area contributed by atoms with Crippen molar-refractivity contribution in [3.8, 4) is 0 Å². The smallest absolute Gasteiger partial charge is 0.325 e. The van der Waals surface area contributed by atoms with E-state index < -0.39 is 23.8 Å². The zero-order chi connectivity index (χ0) is 17.1. The van der Waals surface area contributed by atoms with Crippen molar-refractivity contribution in [3.63, 3.8) is 0 Å². The molecule has 0 aliphatic heterocycles. The molecule has 1 aliphatic carbocycles. The summed E-state index contributed by atoms with van der Waals surface area (Å²) in [6.45, 7) is -0.989. The molecular weight excluding hydrogens is 302 g/mol. The van der Waals surface area contributed by atoms with Gasteiger partial charge in [-0.3, -0.25) is 14.4 Å². The SMILES string of the molecule is NC(CC1=CCCC=C1)C(=O)NCC(=O)NCC(=O)OCCO. The number of aliphatic hydroxyl groups excluding tert-OH is 1. The van der Waals surface area contributed by atoms with Crippen molar-refractivity contribution in [2.75, 3.05) is 26.3 Å². The van der Waals surface area contributed by atoms with E-state index in [1.165, 1.54) is 0 Å². The molecule has 0 fully saturated rings. The van der Waals surface area contributed by atoms with E-state index in [9.17, 15) is 14.4 Å². The molecular formula is C15H23N3O5. The molecule has 0 heterocycles. The number of esters is 1. The number of hydrogen-bond donors (Lipinski definition) is 4. The molecule has 0 saturated carbocycles. The third-order valence-corrected chi connectivity index (χ3v) is 3.07. The molecule has 0 saturated heterocycles. The second kappa shape index (κ2) is 10.5. The number of ether oxygens (including phenoxy) is 1. The molecule has 0 spiro atoms. The lowest BCUT2D eigenvalue weighted by Gasteiger charge is -2.14. The number of amides is 2. The lowest BCUT2D eigenvalue weighted by Crippen LogP contribution is -2.45. The van der Waals surface area contributed by atoms with E-state index in [1.54, 1.807) is 0 Å². The van der Waals surface area contributed by atoms with Crippen molar-refractivity contribution >= 4 is 17.8 Å². The fourth-order valence-corrected chi connectivity index (χ4v) is 1.91. The highest BCUT2D eigenvalue weighted by Crippen LogP contribution is 2.14. The van der Waals surface area contributed by atoms with Gasteiger partial charge in [-0.15, -0.1) is 0 Å². The van der Waals surface area contributed by atoms with Gasteiger partial charge in [0.1, 0.15) is 13.2 Å². The van der Waals surface area contributed by atoms with E-state index in [2.05, 4.69) is 15.4 Å². The van der Waals surface area contributed by atoms with Crippen molar-refractivity contribution in [2.45, 2.75) is 25.3 Å². The predicted molar refractivity (Wildman–Crippen MR) is 83.1 cm³/mol. The highest BCUT2D eigenvalue weighted by atomic mass is 16.5. The Bertz CT molecular complexity index is 488. The van der Waals surface area contributed by atoms with Gasteiger partial charge in [-0.05, 0) is 19.3 Å². The zero-order valence-electron chi connectivity index (χ0n) is 12.9. The summed E-state index contributed by atoms with van der Waals surface area (Å²) in [6, 6.07) is -0.730. The van der Waals surface area contributed by atoms with Crippen molar-refractivity contribution in [2.24, 2.45) is 5.73 Å². The van der Waals surface area contributed by atoms with E-state index in [1.807, 2.05) is 18.2 Å². The van der Waals surface area contributed by atoms with Gasteiger partial charge in [0.05, 0.1) is 19.2 Å². The van der Waals surface area contributed by atoms with Gasteiger partial charge in [0, 0.05) is 0 Å². The van der Waals surface area contributed by atoms with Crippen molar-refractivity contribution in [1.29, 1.82) is 0 Å². The lowest BCUT2D eigenvalue weighted by molar-refractivity contribution is -0.144. The van der Waals surface area contributed by atoms with Crippen LogP contribution in [0.1, 0.15) is 19.3 Å². The molecule has 2 amide bonds. The van der Waals surface area contributed by atoms with E-state index in [4.69, 9.17) is 10.8 Å². The van der Waals surface area contributed by atoms with E-state index in [0.717, 1.165) is 18.4 Å². The van der Waals surface area contributed by atoms with Crippen LogP contribution in [0.5, 0.6) is 0 Å². The number of nitrogens with two attached hydrogens (primary N) is 1. The molecule has 8 nitrogen and oxygen atoms in total. The number of nitrogens with one attached hydrogen (secondary N) is 2. The molecule has 0 radical (unpaired) electrons. The number of allylic oxidation sites excluding steroid dienone is 3. The Hall–Kier alpha value is -2.19. The minimum atomic E-state index is -0.730. The van der Waals surface area contributed by atoms with Crippen LogP contribution in [0.2, 0.25) is 0 Å². The van der Waals surface area contributed by atoms with Gasteiger partial charge in [0.15, 0.2) is 0 Å². The fourth-order valence-electron chi connectivity index (χ4n) is 1.91. The second-order valence-electron chi connectivity index (χ2n) is 5.01. The molecule has 1 rings (SSSR count). The van der Waals surface area contributed by atoms with Crippen molar-refractivity contribution in [1.82, 2.24) is 10.6 Å². The minimum absolute atomic E-state index is 0.120. The van der Waals surface area contributed by atoms with Crippen LogP contribution in [0.25, 0.3) is 0 Å². The molecule has 5 N–H and O–H groups in total. The van der Waals surface area contributed by atoms with Gasteiger partial charge in [-0.25, -0.2) is 0 Å². The Morgan fingerprint density at radius 1 is 1.26 bits per heavy atom. The number of carbonyl (C=O) groups excluding carboxylic acids is 3. The van der Waals surface area contributed by atoms with Gasteiger partial charge in [-0.2, -0.15) is 0 Å². The van der Waals surface area contributed by atoms with Crippen LogP contribution in [-0.4, -0.2) is 55.2 Å². The topological polar surface area (TPSA) is 131 Å². The summed E-state index contributed by atoms with van der Waals surface area (Å²) in [5.41, 5.74) is 6.80. The Morgan fingerprint density at radius 2 is 2.04 bits per heavy atom. The van der Waals surface area contributed by atoms with Gasteiger partial charge in [0.25, 0.3) is 0 Å². The van der Waals surface area contributed by atoms with E-state index in [0.29, 0.717) is 6.42 Å². The van der Waals surface area contributed by atoms with Crippen LogP contribution in [0, 0.1) is 0 Å². The van der Waals surface area contributed by atoms with Crippen molar-refractivity contribution < 1.29 is 24.2 Å². The normalized spacial score (nSPS) is 14.6. The first-order chi connectivity index (χ1) is 11.0. The zero-order valence-corrected chi connectivity index (χ0v) is 12.9. The summed E-state index contributed by atoms with van der Waals surface area (Å²) in [5.74, 6) is -1.61. The molecule has 0 aromatic carbocycles. The van der Waals surface area contributed by atoms with Crippen LogP contribution in [-0.2, 0) is 19.1 Å². The first kappa shape index (κ1) is 18.9. The maximum atomic E-state index is 11.8. The summed E-state index contributed by atoms with van der Waals surface area (Å²) >= 11 is 0. The highest BCUT2D eigenvalue weighted by molar-refractivity contribution is 5.88. The minimum Gasteiger partial charge on any atom is -0.462 e. The van der Waals surface area contributed by atoms with Gasteiger partial charge in [-0.1, -0.05) is 23.8 Å². The third-order valence-electron chi connectivity index (χ3n) is 3.07. The summed E-state index contributed by atoms with van der Waals surface area (Å²) < 4.78 is 4.57. The molecule has 1 atom stereocenters. The molecule has 0 aromatic heterocycles. The predicted octanol–water partition coefficient (Wildman–Crippen LogP) is -1.25. The first-order valence-electron chi connectivity index (χ1n) is 7.45. The third kappa shape index (κ3) is 8.12. The number of aliphatic hydroxyl groups is 1. The Labute approximate surface area is 134 Å². The summed E-state index contributed by atoms with van der Waals surface area (Å²) in [7, 11) is 0. The number of carbonyl (C=O) groups is 3. The maximum absolute atomic E-state index is 11.8. The molecule has 23 heavy (non-hydrogen) atoms. The molecule has 1 aliphatic rings. The maximum Gasteiger partial charge on any atom is 0.325 e. The molecule has 0 bridgehead atoms. The van der Waals surface area contributed by atoms with E-state index >= 15 is 0 Å². The summed E-state index contributed by atoms with van der Waals surface area (Å²) in [6.07, 6.45) is 8.36. The van der Waals surface area contributed by atoms with E-state index in [-0.39, 0.29) is 26.3 Å². The first-order valence-corrected chi connectivity index (χ1v) is 7.45. The standard InChI is InChI=1S/C15H23N3O5/c16-12(8-11-4-2-1-3-5-11)15(22)18-9-13(20)17-10-14(21)23-7-6-19/h2,4-5,12,19H,1,3,6-10,16H2,(H,17,20)(H,18,22). The lowest BCUT2D eigenvalue weighted by atomic mass is 10.0. The summed E-state index contributed by atoms with van der Waals surface area (Å²) in [4.78, 5) is 34.4. The Kier molecular flexibility index (Phi) is 8.63. The average molecular weight is 325 g/mol. The number of rotatable bonds is 9. The van der Waals surface area contributed by atoms with Crippen LogP contribution < -0.4 is 16.4 Å². The van der Waals surface area contributed by atoms with Crippen LogP contribution >= 0.6 is 0 Å². The number of hydrogen-bond acceptors (Lipinski definition) is 6. The van der Waals surface area contributed by atoms with Gasteiger partial charge >= 0.3 is 5.97 Å². The second-order valence-corrected chi connectivity index (χ2v) is 5.01. The fraction of sp³-hybridized carbons (Fsp3) is 0.533. The largest absolute Gasteiger partial charge is 0.462 e. The van der Waals surface area contributed by atoms with Gasteiger partial charge < -0.3 is 26.2 Å². The monoisotopic (exact) mass is 325 g/mol. The van der Waals surface area contributed by atoms with Crippen LogP contribution in [0.15, 0.2) is 23.8 Å². The highest BCUT2D eigenvalue weighted by Gasteiger charge is 2.16.